The number of rotatable bonds is 10. The van der Waals surface area contributed by atoms with Gasteiger partial charge in [0.05, 0.1) is 6.73 Å². The second-order valence-corrected chi connectivity index (χ2v) is 6.24. The van der Waals surface area contributed by atoms with Crippen LogP contribution in [0.4, 0.5) is 0 Å². The lowest BCUT2D eigenvalue weighted by Gasteiger charge is -2.26. The molecule has 0 heterocycles. The van der Waals surface area contributed by atoms with E-state index >= 15 is 0 Å². The summed E-state index contributed by atoms with van der Waals surface area (Å²) in [4.78, 5) is 0. The smallest absolute Gasteiger partial charge is 0.377 e. The molecule has 5 nitrogen and oxygen atoms in total. The summed E-state index contributed by atoms with van der Waals surface area (Å²) in [7, 11) is 0.891. The third-order valence-electron chi connectivity index (χ3n) is 2.13. The average molecular weight is 236 g/mol. The number of hydrogen-bond donors (Lipinski definition) is 2. The van der Waals surface area contributed by atoms with Crippen LogP contribution in [-0.2, 0) is 13.3 Å². The van der Waals surface area contributed by atoms with Crippen LogP contribution in [0.3, 0.4) is 0 Å². The Kier molecular flexibility index (Phi) is 9.27. The number of nitrogens with two attached hydrogens (primary N) is 1. The molecular weight excluding hydrogens is 212 g/mol. The van der Waals surface area contributed by atoms with Gasteiger partial charge in [0.25, 0.3) is 0 Å². The van der Waals surface area contributed by atoms with Crippen LogP contribution in [0.15, 0.2) is 0 Å². The van der Waals surface area contributed by atoms with Gasteiger partial charge in [-0.2, -0.15) is 0 Å². The Balaban J connectivity index is 3.74. The summed E-state index contributed by atoms with van der Waals surface area (Å²) in [5.74, 6) is 0. The summed E-state index contributed by atoms with van der Waals surface area (Å²) in [5.41, 5.74) is 5.38. The standard InChI is InChI=1S/C9H24N2O3Si/c1-4-8-15(12-2,13-3)14-9-11-7-5-6-10/h11H,4-10H2,1-3H3. The largest absolute Gasteiger partial charge is 0.501 e. The summed E-state index contributed by atoms with van der Waals surface area (Å²) in [5, 5.41) is 3.14. The molecule has 0 bridgehead atoms. The van der Waals surface area contributed by atoms with E-state index in [0.717, 1.165) is 25.4 Å². The molecule has 0 saturated carbocycles. The molecule has 0 spiro atoms. The van der Waals surface area contributed by atoms with Gasteiger partial charge in [-0.3, -0.25) is 5.32 Å². The minimum atomic E-state index is -2.40. The van der Waals surface area contributed by atoms with Gasteiger partial charge in [0.15, 0.2) is 0 Å². The van der Waals surface area contributed by atoms with Crippen molar-refractivity contribution < 1.29 is 13.3 Å². The van der Waals surface area contributed by atoms with Crippen molar-refractivity contribution in [3.05, 3.63) is 0 Å². The third kappa shape index (κ3) is 6.24. The summed E-state index contributed by atoms with van der Waals surface area (Å²) >= 11 is 0. The molecule has 0 unspecified atom stereocenters. The molecule has 0 aromatic rings. The van der Waals surface area contributed by atoms with E-state index in [1.165, 1.54) is 0 Å². The Hall–Kier alpha value is 0.0169. The Morgan fingerprint density at radius 1 is 1.27 bits per heavy atom. The summed E-state index contributed by atoms with van der Waals surface area (Å²) in [6, 6.07) is 0.846. The van der Waals surface area contributed by atoms with Crippen molar-refractivity contribution in [2.75, 3.05) is 34.0 Å². The van der Waals surface area contributed by atoms with Crippen molar-refractivity contribution in [1.29, 1.82) is 0 Å². The lowest BCUT2D eigenvalue weighted by atomic mass is 10.4. The van der Waals surface area contributed by atoms with E-state index in [4.69, 9.17) is 19.0 Å². The monoisotopic (exact) mass is 236 g/mol. The SMILES string of the molecule is CCC[Si](OC)(OC)OCNCCCN. The molecule has 3 N–H and O–H groups in total. The fraction of sp³-hybridized carbons (Fsp3) is 1.00. The van der Waals surface area contributed by atoms with Crippen molar-refractivity contribution in [3.8, 4) is 0 Å². The fourth-order valence-corrected chi connectivity index (χ4v) is 3.13. The quantitative estimate of drug-likeness (QED) is 0.329. The second-order valence-electron chi connectivity index (χ2n) is 3.27. The average Bonchev–Trinajstić information content (AvgIpc) is 2.27. The van der Waals surface area contributed by atoms with Crippen molar-refractivity contribution in [2.45, 2.75) is 25.8 Å². The molecule has 0 saturated heterocycles. The van der Waals surface area contributed by atoms with E-state index in [1.54, 1.807) is 14.2 Å². The van der Waals surface area contributed by atoms with Gasteiger partial charge >= 0.3 is 8.80 Å². The van der Waals surface area contributed by atoms with Gasteiger partial charge in [0.1, 0.15) is 0 Å². The normalized spacial score (nSPS) is 12.0. The molecule has 0 radical (unpaired) electrons. The van der Waals surface area contributed by atoms with Crippen molar-refractivity contribution in [1.82, 2.24) is 5.32 Å². The van der Waals surface area contributed by atoms with Crippen LogP contribution in [0.5, 0.6) is 0 Å². The maximum atomic E-state index is 5.66. The maximum absolute atomic E-state index is 5.66. The highest BCUT2D eigenvalue weighted by molar-refractivity contribution is 6.60. The van der Waals surface area contributed by atoms with Crippen LogP contribution in [-0.4, -0.2) is 42.8 Å². The van der Waals surface area contributed by atoms with Gasteiger partial charge in [-0.05, 0) is 19.5 Å². The predicted molar refractivity (Wildman–Crippen MR) is 62.5 cm³/mol. The van der Waals surface area contributed by atoms with E-state index in [9.17, 15) is 0 Å². The summed E-state index contributed by atoms with van der Waals surface area (Å²) in [6.07, 6.45) is 1.95. The molecule has 0 amide bonds. The molecule has 92 valence electrons. The van der Waals surface area contributed by atoms with Gasteiger partial charge < -0.3 is 19.0 Å². The molecule has 0 atom stereocenters. The summed E-state index contributed by atoms with van der Waals surface area (Å²) < 4.78 is 16.4. The van der Waals surface area contributed by atoms with Crippen LogP contribution in [0.25, 0.3) is 0 Å². The highest BCUT2D eigenvalue weighted by Gasteiger charge is 2.37. The highest BCUT2D eigenvalue weighted by atomic mass is 28.4. The van der Waals surface area contributed by atoms with Crippen molar-refractivity contribution in [3.63, 3.8) is 0 Å². The molecule has 0 aromatic heterocycles. The van der Waals surface area contributed by atoms with Gasteiger partial charge in [0.2, 0.25) is 0 Å². The Labute approximate surface area is 93.6 Å². The van der Waals surface area contributed by atoms with Gasteiger partial charge in [0, 0.05) is 20.3 Å². The zero-order valence-corrected chi connectivity index (χ0v) is 11.0. The van der Waals surface area contributed by atoms with Crippen molar-refractivity contribution >= 4 is 8.80 Å². The lowest BCUT2D eigenvalue weighted by Crippen LogP contribution is -2.46. The minimum absolute atomic E-state index is 0.466. The van der Waals surface area contributed by atoms with Crippen LogP contribution >= 0.6 is 0 Å². The molecule has 15 heavy (non-hydrogen) atoms. The zero-order valence-electron chi connectivity index (χ0n) is 10.0. The van der Waals surface area contributed by atoms with E-state index in [1.807, 2.05) is 0 Å². The number of nitrogens with one attached hydrogen (secondary N) is 1. The third-order valence-corrected chi connectivity index (χ3v) is 5.07. The van der Waals surface area contributed by atoms with Gasteiger partial charge in [-0.1, -0.05) is 13.3 Å². The predicted octanol–water partition coefficient (Wildman–Crippen LogP) is 0.541. The van der Waals surface area contributed by atoms with Crippen molar-refractivity contribution in [2.24, 2.45) is 5.73 Å². The lowest BCUT2D eigenvalue weighted by molar-refractivity contribution is 0.0900. The first kappa shape index (κ1) is 15.0. The molecule has 0 aromatic carbocycles. The van der Waals surface area contributed by atoms with E-state index in [-0.39, 0.29) is 0 Å². The molecular formula is C9H24N2O3Si. The Morgan fingerprint density at radius 3 is 2.40 bits per heavy atom. The molecule has 6 heteroatoms. The van der Waals surface area contributed by atoms with Crippen LogP contribution in [0.2, 0.25) is 6.04 Å². The summed E-state index contributed by atoms with van der Waals surface area (Å²) in [6.45, 7) is 4.11. The topological polar surface area (TPSA) is 65.7 Å². The van der Waals surface area contributed by atoms with Gasteiger partial charge in [-0.25, -0.2) is 0 Å². The zero-order chi connectivity index (χ0) is 11.6. The maximum Gasteiger partial charge on any atom is 0.501 e. The Morgan fingerprint density at radius 2 is 1.93 bits per heavy atom. The highest BCUT2D eigenvalue weighted by Crippen LogP contribution is 2.14. The second kappa shape index (κ2) is 9.26. The van der Waals surface area contributed by atoms with Gasteiger partial charge in [-0.15, -0.1) is 0 Å². The van der Waals surface area contributed by atoms with E-state index < -0.39 is 8.80 Å². The first-order valence-corrected chi connectivity index (χ1v) is 7.33. The van der Waals surface area contributed by atoms with Crippen LogP contribution in [0, 0.1) is 0 Å². The molecule has 0 aliphatic carbocycles. The molecule has 0 aliphatic rings. The Bertz CT molecular complexity index is 145. The molecule has 0 aliphatic heterocycles. The first-order valence-electron chi connectivity index (χ1n) is 5.39. The van der Waals surface area contributed by atoms with E-state index in [2.05, 4.69) is 12.2 Å². The van der Waals surface area contributed by atoms with E-state index in [0.29, 0.717) is 13.3 Å². The van der Waals surface area contributed by atoms with Crippen LogP contribution in [0.1, 0.15) is 19.8 Å². The number of hydrogen-bond acceptors (Lipinski definition) is 5. The first-order chi connectivity index (χ1) is 7.24. The molecule has 0 rings (SSSR count). The van der Waals surface area contributed by atoms with Crippen LogP contribution < -0.4 is 11.1 Å². The fourth-order valence-electron chi connectivity index (χ4n) is 1.24. The molecule has 0 fully saturated rings. The minimum Gasteiger partial charge on any atom is -0.377 e.